The van der Waals surface area contributed by atoms with Crippen molar-refractivity contribution in [3.8, 4) is 0 Å². The molecule has 0 radical (unpaired) electrons. The summed E-state index contributed by atoms with van der Waals surface area (Å²) >= 11 is 5.91. The maximum Gasteiger partial charge on any atom is 0.306 e. The number of carbonyl (C=O) groups is 1. The lowest BCUT2D eigenvalue weighted by atomic mass is 9.93. The summed E-state index contributed by atoms with van der Waals surface area (Å²) in [6.45, 7) is 0.758. The summed E-state index contributed by atoms with van der Waals surface area (Å²) < 4.78 is 5.51. The largest absolute Gasteiger partial charge is 0.481 e. The molecule has 1 aromatic carbocycles. The van der Waals surface area contributed by atoms with E-state index >= 15 is 0 Å². The van der Waals surface area contributed by atoms with E-state index in [1.807, 2.05) is 18.2 Å². The molecular weight excluding hydrogens is 252 g/mol. The van der Waals surface area contributed by atoms with E-state index in [4.69, 9.17) is 16.3 Å². The van der Waals surface area contributed by atoms with E-state index < -0.39 is 11.9 Å². The Balaban J connectivity index is 1.99. The standard InChI is InChI=1S/C14H17ClO3/c15-12-4-1-3-10(8-12)7-11(14(16)17)9-13-5-2-6-18-13/h1,3-4,8,11,13H,2,5-7,9H2,(H,16,17). The van der Waals surface area contributed by atoms with E-state index in [1.165, 1.54) is 0 Å². The molecule has 0 amide bonds. The summed E-state index contributed by atoms with van der Waals surface area (Å²) in [6.07, 6.45) is 3.20. The number of rotatable bonds is 5. The summed E-state index contributed by atoms with van der Waals surface area (Å²) in [7, 11) is 0. The van der Waals surface area contributed by atoms with Gasteiger partial charge in [0.25, 0.3) is 0 Å². The maximum absolute atomic E-state index is 11.3. The van der Waals surface area contributed by atoms with Gasteiger partial charge in [0, 0.05) is 11.6 Å². The van der Waals surface area contributed by atoms with E-state index in [1.54, 1.807) is 6.07 Å². The van der Waals surface area contributed by atoms with Crippen molar-refractivity contribution in [2.24, 2.45) is 5.92 Å². The van der Waals surface area contributed by atoms with Crippen LogP contribution in [0.15, 0.2) is 24.3 Å². The number of benzene rings is 1. The lowest BCUT2D eigenvalue weighted by Crippen LogP contribution is -2.22. The molecule has 3 nitrogen and oxygen atoms in total. The second kappa shape index (κ2) is 6.21. The molecule has 1 aliphatic rings. The molecule has 0 aliphatic carbocycles. The molecule has 1 aliphatic heterocycles. The van der Waals surface area contributed by atoms with Gasteiger partial charge in [-0.3, -0.25) is 4.79 Å². The molecule has 0 spiro atoms. The molecule has 0 aromatic heterocycles. The van der Waals surface area contributed by atoms with Crippen LogP contribution in [-0.4, -0.2) is 23.8 Å². The molecule has 0 bridgehead atoms. The van der Waals surface area contributed by atoms with Crippen LogP contribution in [0.2, 0.25) is 5.02 Å². The highest BCUT2D eigenvalue weighted by Crippen LogP contribution is 2.23. The fourth-order valence-corrected chi connectivity index (χ4v) is 2.58. The van der Waals surface area contributed by atoms with Crippen molar-refractivity contribution in [2.45, 2.75) is 31.8 Å². The lowest BCUT2D eigenvalue weighted by Gasteiger charge is -2.16. The van der Waals surface area contributed by atoms with Crippen LogP contribution in [0.3, 0.4) is 0 Å². The second-order valence-corrected chi connectivity index (χ2v) is 5.18. The molecule has 1 N–H and O–H groups in total. The minimum Gasteiger partial charge on any atom is -0.481 e. The van der Waals surface area contributed by atoms with Crippen LogP contribution in [0.25, 0.3) is 0 Å². The molecule has 4 heteroatoms. The van der Waals surface area contributed by atoms with Crippen LogP contribution in [0.5, 0.6) is 0 Å². The zero-order chi connectivity index (χ0) is 13.0. The Hall–Kier alpha value is -1.06. The molecule has 18 heavy (non-hydrogen) atoms. The summed E-state index contributed by atoms with van der Waals surface area (Å²) in [6, 6.07) is 7.38. The highest BCUT2D eigenvalue weighted by atomic mass is 35.5. The Morgan fingerprint density at radius 3 is 3.00 bits per heavy atom. The van der Waals surface area contributed by atoms with Crippen molar-refractivity contribution in [3.05, 3.63) is 34.9 Å². The van der Waals surface area contributed by atoms with Gasteiger partial charge in [-0.25, -0.2) is 0 Å². The Morgan fingerprint density at radius 1 is 1.56 bits per heavy atom. The topological polar surface area (TPSA) is 46.5 Å². The fraction of sp³-hybridized carbons (Fsp3) is 0.500. The van der Waals surface area contributed by atoms with Crippen molar-refractivity contribution >= 4 is 17.6 Å². The highest BCUT2D eigenvalue weighted by Gasteiger charge is 2.25. The number of ether oxygens (including phenoxy) is 1. The number of halogens is 1. The van der Waals surface area contributed by atoms with Gasteiger partial charge >= 0.3 is 5.97 Å². The molecule has 98 valence electrons. The smallest absolute Gasteiger partial charge is 0.306 e. The predicted octanol–water partition coefficient (Wildman–Crippen LogP) is 3.15. The lowest BCUT2D eigenvalue weighted by molar-refractivity contribution is -0.142. The van der Waals surface area contributed by atoms with Gasteiger partial charge in [-0.2, -0.15) is 0 Å². The number of carboxylic acids is 1. The van der Waals surface area contributed by atoms with Crippen molar-refractivity contribution in [1.29, 1.82) is 0 Å². The van der Waals surface area contributed by atoms with Gasteiger partial charge in [0.05, 0.1) is 12.0 Å². The van der Waals surface area contributed by atoms with Crippen molar-refractivity contribution < 1.29 is 14.6 Å². The summed E-state index contributed by atoms with van der Waals surface area (Å²) in [5.41, 5.74) is 0.966. The second-order valence-electron chi connectivity index (χ2n) is 4.74. The third-order valence-corrected chi connectivity index (χ3v) is 3.53. The number of hydrogen-bond donors (Lipinski definition) is 1. The molecule has 1 aromatic rings. The Bertz CT molecular complexity index is 413. The van der Waals surface area contributed by atoms with Crippen molar-refractivity contribution in [2.75, 3.05) is 6.61 Å². The fourth-order valence-electron chi connectivity index (χ4n) is 2.37. The first-order valence-corrected chi connectivity index (χ1v) is 6.62. The zero-order valence-corrected chi connectivity index (χ0v) is 10.9. The van der Waals surface area contributed by atoms with E-state index in [-0.39, 0.29) is 6.10 Å². The van der Waals surface area contributed by atoms with Crippen LogP contribution in [0.4, 0.5) is 0 Å². The van der Waals surface area contributed by atoms with Crippen LogP contribution in [0.1, 0.15) is 24.8 Å². The number of hydrogen-bond acceptors (Lipinski definition) is 2. The third kappa shape index (κ3) is 3.72. The average molecular weight is 269 g/mol. The minimum atomic E-state index is -0.759. The first kappa shape index (κ1) is 13.4. The van der Waals surface area contributed by atoms with Gasteiger partial charge in [-0.15, -0.1) is 0 Å². The third-order valence-electron chi connectivity index (χ3n) is 3.29. The van der Waals surface area contributed by atoms with Crippen molar-refractivity contribution in [1.82, 2.24) is 0 Å². The van der Waals surface area contributed by atoms with E-state index in [0.29, 0.717) is 17.9 Å². The van der Waals surface area contributed by atoms with E-state index in [2.05, 4.69) is 0 Å². The van der Waals surface area contributed by atoms with Crippen LogP contribution in [0, 0.1) is 5.92 Å². The molecular formula is C14H17ClO3. The van der Waals surface area contributed by atoms with Gasteiger partial charge < -0.3 is 9.84 Å². The molecule has 1 fully saturated rings. The van der Waals surface area contributed by atoms with Gasteiger partial charge in [0.1, 0.15) is 0 Å². The first-order chi connectivity index (χ1) is 8.65. The molecule has 2 atom stereocenters. The van der Waals surface area contributed by atoms with Gasteiger partial charge in [-0.1, -0.05) is 23.7 Å². The number of carboxylic acid groups (broad SMARTS) is 1. The van der Waals surface area contributed by atoms with Crippen molar-refractivity contribution in [3.63, 3.8) is 0 Å². The predicted molar refractivity (Wildman–Crippen MR) is 69.9 cm³/mol. The minimum absolute atomic E-state index is 0.102. The average Bonchev–Trinajstić information content (AvgIpc) is 2.81. The van der Waals surface area contributed by atoms with Crippen LogP contribution < -0.4 is 0 Å². The highest BCUT2D eigenvalue weighted by molar-refractivity contribution is 6.30. The Morgan fingerprint density at radius 2 is 2.39 bits per heavy atom. The van der Waals surface area contributed by atoms with E-state index in [0.717, 1.165) is 25.0 Å². The Labute approximate surface area is 112 Å². The quantitative estimate of drug-likeness (QED) is 0.892. The summed E-state index contributed by atoms with van der Waals surface area (Å²) in [5, 5.41) is 9.92. The first-order valence-electron chi connectivity index (χ1n) is 6.24. The van der Waals surface area contributed by atoms with Gasteiger partial charge in [0.2, 0.25) is 0 Å². The molecule has 1 heterocycles. The van der Waals surface area contributed by atoms with Gasteiger partial charge in [0.15, 0.2) is 0 Å². The SMILES string of the molecule is O=C(O)C(Cc1cccc(Cl)c1)CC1CCCO1. The monoisotopic (exact) mass is 268 g/mol. The van der Waals surface area contributed by atoms with Crippen LogP contribution in [-0.2, 0) is 16.0 Å². The van der Waals surface area contributed by atoms with E-state index in [9.17, 15) is 9.90 Å². The van der Waals surface area contributed by atoms with Gasteiger partial charge in [-0.05, 0) is 43.4 Å². The normalized spacial score (nSPS) is 20.8. The number of aliphatic carboxylic acids is 1. The molecule has 2 rings (SSSR count). The Kier molecular flexibility index (Phi) is 4.61. The molecule has 0 saturated carbocycles. The maximum atomic E-state index is 11.3. The molecule has 2 unspecified atom stereocenters. The zero-order valence-electron chi connectivity index (χ0n) is 10.1. The molecule has 1 saturated heterocycles. The van der Waals surface area contributed by atoms with Crippen LogP contribution >= 0.6 is 11.6 Å². The summed E-state index contributed by atoms with van der Waals surface area (Å²) in [5.74, 6) is -1.16. The summed E-state index contributed by atoms with van der Waals surface area (Å²) in [4.78, 5) is 11.3.